The zero-order valence-corrected chi connectivity index (χ0v) is 18.8. The van der Waals surface area contributed by atoms with Crippen LogP contribution < -0.4 is 10.6 Å². The number of amides is 1. The third-order valence-corrected chi connectivity index (χ3v) is 5.74. The molecule has 0 saturated heterocycles. The molecule has 4 aromatic heterocycles. The number of hydrogen-bond acceptors (Lipinski definition) is 7. The van der Waals surface area contributed by atoms with Crippen molar-refractivity contribution in [2.75, 3.05) is 5.32 Å². The summed E-state index contributed by atoms with van der Waals surface area (Å²) in [6, 6.07) is 3.95. The van der Waals surface area contributed by atoms with Crippen molar-refractivity contribution >= 4 is 23.2 Å². The third-order valence-electron chi connectivity index (χ3n) is 5.74. The van der Waals surface area contributed by atoms with Crippen LogP contribution in [0.25, 0.3) is 16.8 Å². The van der Waals surface area contributed by atoms with Crippen LogP contribution in [0.1, 0.15) is 44.7 Å². The molecule has 1 fully saturated rings. The summed E-state index contributed by atoms with van der Waals surface area (Å²) in [5, 5.41) is 22.3. The van der Waals surface area contributed by atoms with E-state index < -0.39 is 0 Å². The number of aromatic nitrogens is 7. The molecule has 1 aliphatic rings. The van der Waals surface area contributed by atoms with E-state index in [2.05, 4.69) is 31.0 Å². The predicted molar refractivity (Wildman–Crippen MR) is 122 cm³/mol. The van der Waals surface area contributed by atoms with Gasteiger partial charge in [0.2, 0.25) is 0 Å². The molecule has 5 rings (SSSR count). The summed E-state index contributed by atoms with van der Waals surface area (Å²) in [6.45, 7) is 3.83. The maximum Gasteiger partial charge on any atom is 0.407 e. The molecule has 11 nitrogen and oxygen atoms in total. The molecular weight excluding hydrogens is 422 g/mol. The van der Waals surface area contributed by atoms with Crippen molar-refractivity contribution in [2.45, 2.75) is 51.2 Å². The summed E-state index contributed by atoms with van der Waals surface area (Å²) >= 11 is 0. The number of nitrogens with zero attached hydrogens (tertiary/aromatic N) is 6. The zero-order chi connectivity index (χ0) is 22.9. The minimum absolute atomic E-state index is 0.0588. The van der Waals surface area contributed by atoms with E-state index >= 15 is 0 Å². The summed E-state index contributed by atoms with van der Waals surface area (Å²) in [5.74, 6) is 1.59. The highest BCUT2D eigenvalue weighted by Crippen LogP contribution is 2.36. The fourth-order valence-electron chi connectivity index (χ4n) is 4.19. The number of hydrogen-bond donors (Lipinski definition) is 3. The summed E-state index contributed by atoms with van der Waals surface area (Å²) in [4.78, 5) is 16.7. The minimum Gasteiger partial charge on any atom is -0.446 e. The molecule has 4 heterocycles. The lowest BCUT2D eigenvalue weighted by atomic mass is 10.0. The van der Waals surface area contributed by atoms with Crippen LogP contribution in [0.2, 0.25) is 0 Å². The number of ether oxygens (including phenoxy) is 1. The lowest BCUT2D eigenvalue weighted by molar-refractivity contribution is 0.0981. The third kappa shape index (κ3) is 4.52. The molecule has 33 heavy (non-hydrogen) atoms. The number of aromatic amines is 1. The Hall–Kier alpha value is -3.89. The van der Waals surface area contributed by atoms with E-state index in [1.165, 1.54) is 0 Å². The maximum atomic E-state index is 11.9. The van der Waals surface area contributed by atoms with Gasteiger partial charge in [-0.3, -0.25) is 9.78 Å². The van der Waals surface area contributed by atoms with Gasteiger partial charge >= 0.3 is 6.09 Å². The average Bonchev–Trinajstić information content (AvgIpc) is 3.54. The summed E-state index contributed by atoms with van der Waals surface area (Å²) < 4.78 is 9.07. The predicted octanol–water partition coefficient (Wildman–Crippen LogP) is 3.37. The van der Waals surface area contributed by atoms with Gasteiger partial charge in [0.25, 0.3) is 0 Å². The lowest BCUT2D eigenvalue weighted by Crippen LogP contribution is -2.33. The van der Waals surface area contributed by atoms with Gasteiger partial charge in [-0.1, -0.05) is 0 Å². The highest BCUT2D eigenvalue weighted by molar-refractivity contribution is 5.75. The normalized spacial score (nSPS) is 18.2. The Morgan fingerprint density at radius 2 is 2.15 bits per heavy atom. The van der Waals surface area contributed by atoms with Gasteiger partial charge in [0.1, 0.15) is 11.6 Å². The molecule has 0 radical (unpaired) electrons. The monoisotopic (exact) mass is 449 g/mol. The Morgan fingerprint density at radius 3 is 2.94 bits per heavy atom. The van der Waals surface area contributed by atoms with Crippen LogP contribution in [0.4, 0.5) is 16.4 Å². The first-order valence-corrected chi connectivity index (χ1v) is 11.1. The smallest absolute Gasteiger partial charge is 0.407 e. The van der Waals surface area contributed by atoms with Crippen molar-refractivity contribution < 1.29 is 9.53 Å². The Labute approximate surface area is 190 Å². The molecule has 172 valence electrons. The lowest BCUT2D eigenvalue weighted by Gasteiger charge is -2.14. The Balaban J connectivity index is 1.30. The quantitative estimate of drug-likeness (QED) is 0.412. The highest BCUT2D eigenvalue weighted by atomic mass is 16.6. The van der Waals surface area contributed by atoms with Crippen molar-refractivity contribution in [1.82, 2.24) is 39.9 Å². The number of alkyl carbamates (subject to hydrolysis) is 1. The van der Waals surface area contributed by atoms with Gasteiger partial charge in [-0.2, -0.15) is 15.3 Å². The fourth-order valence-corrected chi connectivity index (χ4v) is 4.19. The Kier molecular flexibility index (Phi) is 5.45. The second-order valence-electron chi connectivity index (χ2n) is 8.71. The van der Waals surface area contributed by atoms with Crippen LogP contribution in [0.5, 0.6) is 0 Å². The molecule has 1 aliphatic carbocycles. The first kappa shape index (κ1) is 21.0. The van der Waals surface area contributed by atoms with Crippen molar-refractivity contribution in [3.63, 3.8) is 0 Å². The number of carbonyl (C=O) groups is 1. The number of rotatable bonds is 6. The van der Waals surface area contributed by atoms with Gasteiger partial charge in [-0.15, -0.1) is 0 Å². The number of H-pyrrole nitrogens is 1. The first-order valence-electron chi connectivity index (χ1n) is 11.1. The number of aryl methyl sites for hydroxylation is 1. The molecule has 3 N–H and O–H groups in total. The van der Waals surface area contributed by atoms with Gasteiger partial charge in [0.05, 0.1) is 24.3 Å². The van der Waals surface area contributed by atoms with E-state index in [4.69, 9.17) is 9.72 Å². The summed E-state index contributed by atoms with van der Waals surface area (Å²) in [6.07, 6.45) is 9.40. The van der Waals surface area contributed by atoms with Crippen LogP contribution in [0.15, 0.2) is 36.9 Å². The number of nitrogens with one attached hydrogen (secondary N) is 3. The summed E-state index contributed by atoms with van der Waals surface area (Å²) in [5.41, 5.74) is 3.52. The maximum absolute atomic E-state index is 11.9. The molecular formula is C22H27N9O2. The van der Waals surface area contributed by atoms with E-state index in [9.17, 15) is 4.79 Å². The van der Waals surface area contributed by atoms with Gasteiger partial charge in [-0.25, -0.2) is 14.3 Å². The van der Waals surface area contributed by atoms with Crippen LogP contribution >= 0.6 is 0 Å². The van der Waals surface area contributed by atoms with Crippen LogP contribution in [0, 0.1) is 0 Å². The Morgan fingerprint density at radius 1 is 1.27 bits per heavy atom. The molecule has 2 atom stereocenters. The topological polar surface area (TPSA) is 127 Å². The number of anilines is 2. The van der Waals surface area contributed by atoms with Gasteiger partial charge in [-0.05, 0) is 39.2 Å². The van der Waals surface area contributed by atoms with Crippen molar-refractivity contribution in [2.24, 2.45) is 7.05 Å². The largest absolute Gasteiger partial charge is 0.446 e. The van der Waals surface area contributed by atoms with Crippen molar-refractivity contribution in [3.05, 3.63) is 42.6 Å². The fraction of sp³-hybridized carbons (Fsp3) is 0.409. The molecule has 1 amide bonds. The SMILES string of the molecule is CC(C)NC(=O)OC1CCC(c2cc(Nc3nc(-c4cnn(C)c4)cn4nccc34)n[nH]2)C1. The second-order valence-corrected chi connectivity index (χ2v) is 8.71. The Bertz CT molecular complexity index is 1270. The first-order chi connectivity index (χ1) is 15.9. The molecule has 0 aliphatic heterocycles. The van der Waals surface area contributed by atoms with E-state index in [1.54, 1.807) is 21.6 Å². The van der Waals surface area contributed by atoms with E-state index in [0.29, 0.717) is 11.6 Å². The average molecular weight is 450 g/mol. The van der Waals surface area contributed by atoms with E-state index in [1.807, 2.05) is 45.4 Å². The van der Waals surface area contributed by atoms with Gasteiger partial charge in [0.15, 0.2) is 11.6 Å². The molecule has 0 spiro atoms. The molecule has 4 aromatic rings. The summed E-state index contributed by atoms with van der Waals surface area (Å²) in [7, 11) is 1.87. The molecule has 0 aromatic carbocycles. The second kappa shape index (κ2) is 8.57. The minimum atomic E-state index is -0.355. The van der Waals surface area contributed by atoms with Crippen molar-refractivity contribution in [3.8, 4) is 11.3 Å². The zero-order valence-electron chi connectivity index (χ0n) is 18.8. The molecule has 0 bridgehead atoms. The van der Waals surface area contributed by atoms with Crippen LogP contribution in [0.3, 0.4) is 0 Å². The highest BCUT2D eigenvalue weighted by Gasteiger charge is 2.30. The van der Waals surface area contributed by atoms with Gasteiger partial charge in [0, 0.05) is 42.5 Å². The van der Waals surface area contributed by atoms with E-state index in [-0.39, 0.29) is 24.2 Å². The van der Waals surface area contributed by atoms with Crippen LogP contribution in [-0.2, 0) is 11.8 Å². The molecule has 1 saturated carbocycles. The van der Waals surface area contributed by atoms with Crippen molar-refractivity contribution in [1.29, 1.82) is 0 Å². The van der Waals surface area contributed by atoms with Crippen LogP contribution in [-0.4, -0.2) is 52.8 Å². The molecule has 2 unspecified atom stereocenters. The van der Waals surface area contributed by atoms with E-state index in [0.717, 1.165) is 41.7 Å². The van der Waals surface area contributed by atoms with Gasteiger partial charge < -0.3 is 15.4 Å². The number of carbonyl (C=O) groups excluding carboxylic acids is 1. The molecule has 11 heteroatoms. The standard InChI is InChI=1S/C22H27N9O2/c1-13(2)25-22(32)33-16-5-4-14(8-16)17-9-20(29-28-17)27-21-19-6-7-23-31(19)12-18(26-21)15-10-24-30(3)11-15/h6-7,9-14,16H,4-5,8H2,1-3H3,(H,25,32)(H2,26,27,28,29). The number of fused-ring (bicyclic) bond motifs is 1.